The Morgan fingerprint density at radius 1 is 1.17 bits per heavy atom. The van der Waals surface area contributed by atoms with Gasteiger partial charge in [0.2, 0.25) is 0 Å². The Morgan fingerprint density at radius 3 is 2.83 bits per heavy atom. The molecule has 0 spiro atoms. The van der Waals surface area contributed by atoms with Crippen LogP contribution in [-0.4, -0.2) is 28.9 Å². The molecule has 0 radical (unpaired) electrons. The first kappa shape index (κ1) is 21.7. The van der Waals surface area contributed by atoms with Crippen molar-refractivity contribution in [3.63, 3.8) is 0 Å². The predicted octanol–water partition coefficient (Wildman–Crippen LogP) is 5.41. The highest BCUT2D eigenvalue weighted by atomic mass is 35.5. The average molecular weight is 494 g/mol. The maximum Gasteiger partial charge on any atom is 0.291 e. The van der Waals surface area contributed by atoms with Crippen LogP contribution in [0.15, 0.2) is 47.0 Å². The molecule has 9 heteroatoms. The van der Waals surface area contributed by atoms with Crippen LogP contribution in [0.4, 0.5) is 10.1 Å². The standard InChI is InChI=1S/C26H21ClFN3O4/c1-14-23-21(35-25(14)26(32)29-16-6-8-20-22(11-16)34-10-9-33-20)7-5-15-12-31(30-24(15)23)13-17-18(27)3-2-4-19(17)28/h2-4,6,8,11-12H,5,7,9-10,13H2,1H3,(H,29,32). The van der Waals surface area contributed by atoms with Crippen molar-refractivity contribution in [3.8, 4) is 22.8 Å². The molecule has 4 aromatic rings. The number of carbonyl (C=O) groups excluding carboxylic acids is 1. The quantitative estimate of drug-likeness (QED) is 0.411. The van der Waals surface area contributed by atoms with Gasteiger partial charge in [-0.1, -0.05) is 17.7 Å². The summed E-state index contributed by atoms with van der Waals surface area (Å²) in [5, 5.41) is 7.95. The Hall–Kier alpha value is -3.78. The van der Waals surface area contributed by atoms with Gasteiger partial charge in [-0.2, -0.15) is 5.10 Å². The molecule has 1 aliphatic heterocycles. The lowest BCUT2D eigenvalue weighted by Gasteiger charge is -2.18. The first-order chi connectivity index (χ1) is 17.0. The van der Waals surface area contributed by atoms with Crippen LogP contribution in [0.3, 0.4) is 0 Å². The highest BCUT2D eigenvalue weighted by molar-refractivity contribution is 6.31. The van der Waals surface area contributed by atoms with Gasteiger partial charge in [-0.15, -0.1) is 0 Å². The normalized spacial score (nSPS) is 13.8. The zero-order valence-electron chi connectivity index (χ0n) is 18.9. The molecule has 0 saturated heterocycles. The highest BCUT2D eigenvalue weighted by Crippen LogP contribution is 2.39. The smallest absolute Gasteiger partial charge is 0.291 e. The summed E-state index contributed by atoms with van der Waals surface area (Å²) < 4.78 is 33.1. The van der Waals surface area contributed by atoms with E-state index >= 15 is 0 Å². The van der Waals surface area contributed by atoms with Gasteiger partial charge in [0.25, 0.3) is 5.91 Å². The van der Waals surface area contributed by atoms with Gasteiger partial charge in [0, 0.05) is 46.1 Å². The van der Waals surface area contributed by atoms with E-state index in [-0.39, 0.29) is 24.0 Å². The third-order valence-electron chi connectivity index (χ3n) is 6.30. The van der Waals surface area contributed by atoms with Crippen molar-refractivity contribution < 1.29 is 23.1 Å². The maximum atomic E-state index is 14.3. The molecule has 0 bridgehead atoms. The van der Waals surface area contributed by atoms with E-state index in [1.807, 2.05) is 13.1 Å². The molecule has 0 saturated carbocycles. The topological polar surface area (TPSA) is 78.5 Å². The molecule has 0 fully saturated rings. The van der Waals surface area contributed by atoms with Crippen LogP contribution in [0.5, 0.6) is 11.5 Å². The summed E-state index contributed by atoms with van der Waals surface area (Å²) >= 11 is 6.20. The fourth-order valence-electron chi connectivity index (χ4n) is 4.62. The summed E-state index contributed by atoms with van der Waals surface area (Å²) in [5.74, 6) is 1.48. The number of halogens is 2. The lowest BCUT2D eigenvalue weighted by Crippen LogP contribution is -2.16. The van der Waals surface area contributed by atoms with E-state index in [1.165, 1.54) is 6.07 Å². The molecular weight excluding hydrogens is 473 g/mol. The van der Waals surface area contributed by atoms with E-state index in [1.54, 1.807) is 35.0 Å². The maximum absolute atomic E-state index is 14.3. The number of ether oxygens (including phenoxy) is 2. The Labute approximate surface area is 205 Å². The van der Waals surface area contributed by atoms with Crippen molar-refractivity contribution in [2.24, 2.45) is 0 Å². The van der Waals surface area contributed by atoms with Crippen molar-refractivity contribution in [2.45, 2.75) is 26.3 Å². The number of benzene rings is 2. The second kappa shape index (κ2) is 8.46. The van der Waals surface area contributed by atoms with Crippen molar-refractivity contribution in [2.75, 3.05) is 18.5 Å². The molecule has 2 aliphatic rings. The van der Waals surface area contributed by atoms with Gasteiger partial charge >= 0.3 is 0 Å². The van der Waals surface area contributed by atoms with Crippen LogP contribution < -0.4 is 14.8 Å². The summed E-state index contributed by atoms with van der Waals surface area (Å²) in [6.07, 6.45) is 3.26. The largest absolute Gasteiger partial charge is 0.486 e. The third kappa shape index (κ3) is 3.83. The van der Waals surface area contributed by atoms with Crippen LogP contribution in [0.25, 0.3) is 11.3 Å². The number of hydrogen-bond donors (Lipinski definition) is 1. The van der Waals surface area contributed by atoms with Gasteiger partial charge < -0.3 is 19.2 Å². The average Bonchev–Trinajstić information content (AvgIpc) is 3.41. The zero-order valence-corrected chi connectivity index (χ0v) is 19.6. The summed E-state index contributed by atoms with van der Waals surface area (Å²) in [6.45, 7) is 3.03. The Morgan fingerprint density at radius 2 is 2.00 bits per heavy atom. The molecular formula is C26H21ClFN3O4. The van der Waals surface area contributed by atoms with Crippen LogP contribution >= 0.6 is 11.6 Å². The van der Waals surface area contributed by atoms with Gasteiger partial charge in [-0.05, 0) is 43.2 Å². The molecule has 1 amide bonds. The number of rotatable bonds is 4. The number of furan rings is 1. The minimum atomic E-state index is -0.371. The van der Waals surface area contributed by atoms with Crippen molar-refractivity contribution in [3.05, 3.63) is 81.6 Å². The number of amides is 1. The summed E-state index contributed by atoms with van der Waals surface area (Å²) in [5.41, 5.74) is 4.27. The van der Waals surface area contributed by atoms with Crippen molar-refractivity contribution in [1.82, 2.24) is 9.78 Å². The van der Waals surface area contributed by atoms with Crippen molar-refractivity contribution >= 4 is 23.2 Å². The number of carbonyl (C=O) groups is 1. The first-order valence-electron chi connectivity index (χ1n) is 11.3. The number of aromatic nitrogens is 2. The molecule has 1 N–H and O–H groups in total. The van der Waals surface area contributed by atoms with E-state index in [0.717, 1.165) is 22.6 Å². The first-order valence-corrected chi connectivity index (χ1v) is 11.7. The van der Waals surface area contributed by atoms with E-state index in [9.17, 15) is 9.18 Å². The molecule has 7 nitrogen and oxygen atoms in total. The number of anilines is 1. The van der Waals surface area contributed by atoms with Crippen LogP contribution in [0, 0.1) is 12.7 Å². The summed E-state index contributed by atoms with van der Waals surface area (Å²) in [4.78, 5) is 13.1. The minimum absolute atomic E-state index is 0.211. The molecule has 2 aromatic carbocycles. The van der Waals surface area contributed by atoms with Crippen LogP contribution in [0.1, 0.15) is 33.0 Å². The molecule has 6 rings (SSSR count). The Kier molecular flexibility index (Phi) is 5.25. The number of nitrogens with zero attached hydrogens (tertiary/aromatic N) is 2. The number of nitrogens with one attached hydrogen (secondary N) is 1. The van der Waals surface area contributed by atoms with E-state index in [0.29, 0.717) is 59.4 Å². The summed E-state index contributed by atoms with van der Waals surface area (Å²) in [7, 11) is 0. The SMILES string of the molecule is Cc1c(C(=O)Nc2ccc3c(c2)OCCO3)oc2c1-c1nn(Cc3c(F)cccc3Cl)cc1CC2. The molecule has 0 unspecified atom stereocenters. The van der Waals surface area contributed by atoms with E-state index < -0.39 is 0 Å². The lowest BCUT2D eigenvalue weighted by atomic mass is 9.93. The minimum Gasteiger partial charge on any atom is -0.486 e. The van der Waals surface area contributed by atoms with Gasteiger partial charge in [-0.3, -0.25) is 9.48 Å². The lowest BCUT2D eigenvalue weighted by molar-refractivity contribution is 0.0994. The zero-order chi connectivity index (χ0) is 24.1. The van der Waals surface area contributed by atoms with Crippen molar-refractivity contribution in [1.29, 1.82) is 0 Å². The fraction of sp³-hybridized carbons (Fsp3) is 0.231. The van der Waals surface area contributed by atoms with Crippen LogP contribution in [0.2, 0.25) is 5.02 Å². The highest BCUT2D eigenvalue weighted by Gasteiger charge is 2.30. The number of hydrogen-bond acceptors (Lipinski definition) is 5. The van der Waals surface area contributed by atoms with Gasteiger partial charge in [0.05, 0.1) is 12.2 Å². The van der Waals surface area contributed by atoms with Gasteiger partial charge in [0.1, 0.15) is 24.8 Å². The molecule has 0 atom stereocenters. The van der Waals surface area contributed by atoms with E-state index in [2.05, 4.69) is 5.32 Å². The number of fused-ring (bicyclic) bond motifs is 4. The predicted molar refractivity (Wildman–Crippen MR) is 128 cm³/mol. The van der Waals surface area contributed by atoms with Crippen LogP contribution in [-0.2, 0) is 19.4 Å². The molecule has 2 aromatic heterocycles. The Balaban J connectivity index is 1.28. The van der Waals surface area contributed by atoms with Gasteiger partial charge in [0.15, 0.2) is 17.3 Å². The molecule has 35 heavy (non-hydrogen) atoms. The molecule has 178 valence electrons. The Bertz CT molecular complexity index is 1460. The number of aryl methyl sites for hydroxylation is 2. The molecule has 1 aliphatic carbocycles. The van der Waals surface area contributed by atoms with E-state index in [4.69, 9.17) is 30.6 Å². The van der Waals surface area contributed by atoms with Gasteiger partial charge in [-0.25, -0.2) is 4.39 Å². The fourth-order valence-corrected chi connectivity index (χ4v) is 4.84. The second-order valence-electron chi connectivity index (χ2n) is 8.57. The molecule has 3 heterocycles. The third-order valence-corrected chi connectivity index (χ3v) is 6.66. The monoisotopic (exact) mass is 493 g/mol. The summed E-state index contributed by atoms with van der Waals surface area (Å²) in [6, 6.07) is 9.89. The second-order valence-corrected chi connectivity index (χ2v) is 8.97.